The van der Waals surface area contributed by atoms with Crippen LogP contribution in [0.4, 0.5) is 0 Å². The lowest BCUT2D eigenvalue weighted by atomic mass is 10.1. The van der Waals surface area contributed by atoms with Crippen molar-refractivity contribution in [3.8, 4) is 0 Å². The molecular weight excluding hydrogens is 335 g/mol. The first-order valence-corrected chi connectivity index (χ1v) is 6.82. The number of amides is 3. The van der Waals surface area contributed by atoms with Gasteiger partial charge in [0.1, 0.15) is 5.88 Å². The third kappa shape index (κ3) is 6.08. The van der Waals surface area contributed by atoms with E-state index in [4.69, 9.17) is 23.2 Å². The van der Waals surface area contributed by atoms with E-state index in [0.29, 0.717) is 0 Å². The highest BCUT2D eigenvalue weighted by atomic mass is 35.5. The number of nitrogens with one attached hydrogen (secondary N) is 4. The molecule has 0 fully saturated rings. The van der Waals surface area contributed by atoms with Crippen molar-refractivity contribution in [2.45, 2.75) is 0 Å². The lowest BCUT2D eigenvalue weighted by molar-refractivity contribution is -0.119. The highest BCUT2D eigenvalue weighted by Gasteiger charge is 2.09. The fourth-order valence-corrected chi connectivity index (χ4v) is 1.40. The van der Waals surface area contributed by atoms with E-state index in [1.54, 1.807) is 0 Å². The normalized spacial score (nSPS) is 9.73. The highest BCUT2D eigenvalue weighted by Crippen LogP contribution is 2.04. The van der Waals surface area contributed by atoms with E-state index < -0.39 is 23.0 Å². The molecule has 0 atom stereocenters. The number of alkyl halides is 1. The molecule has 0 saturated carbocycles. The fraction of sp³-hybridized carbons (Fsp3) is 0.167. The highest BCUT2D eigenvalue weighted by molar-refractivity contribution is 6.64. The van der Waals surface area contributed by atoms with Crippen LogP contribution < -0.4 is 21.7 Å². The topological polar surface area (TPSA) is 116 Å². The zero-order valence-corrected chi connectivity index (χ0v) is 12.6. The first kappa shape index (κ1) is 17.9. The lowest BCUT2D eigenvalue weighted by Gasteiger charge is -2.07. The third-order valence-electron chi connectivity index (χ3n) is 2.28. The van der Waals surface area contributed by atoms with Crippen LogP contribution in [0.2, 0.25) is 0 Å². The van der Waals surface area contributed by atoms with E-state index in [-0.39, 0.29) is 23.6 Å². The van der Waals surface area contributed by atoms with Gasteiger partial charge in [-0.2, -0.15) is 0 Å². The first-order chi connectivity index (χ1) is 10.4. The van der Waals surface area contributed by atoms with E-state index in [9.17, 15) is 19.2 Å². The second-order valence-electron chi connectivity index (χ2n) is 3.88. The van der Waals surface area contributed by atoms with Gasteiger partial charge in [-0.05, 0) is 35.9 Å². The Morgan fingerprint density at radius 2 is 1.36 bits per heavy atom. The smallest absolute Gasteiger partial charge is 0.269 e. The van der Waals surface area contributed by atoms with E-state index in [2.05, 4.69) is 21.7 Å². The number of carbonyl (C=O) groups is 4. The van der Waals surface area contributed by atoms with Crippen molar-refractivity contribution in [2.75, 3.05) is 12.4 Å². The van der Waals surface area contributed by atoms with Gasteiger partial charge in [0, 0.05) is 11.1 Å². The molecule has 0 aromatic heterocycles. The summed E-state index contributed by atoms with van der Waals surface area (Å²) < 4.78 is 0. The summed E-state index contributed by atoms with van der Waals surface area (Å²) in [6.45, 7) is -0.214. The molecule has 118 valence electrons. The first-order valence-electron chi connectivity index (χ1n) is 5.90. The minimum atomic E-state index is -0.647. The maximum absolute atomic E-state index is 11.7. The van der Waals surface area contributed by atoms with Gasteiger partial charge in [-0.1, -0.05) is 0 Å². The average molecular weight is 347 g/mol. The fourth-order valence-electron chi connectivity index (χ4n) is 1.27. The van der Waals surface area contributed by atoms with Crippen LogP contribution in [0.3, 0.4) is 0 Å². The standard InChI is InChI=1S/C12H12Cl2N4O4/c13-5-10(20)16-18-12(22)8-3-1-7(2-4-8)11(21)17-15-6-9(14)19/h1-4,15H,5-6H2,(H,16,20)(H,17,21)(H,18,22). The van der Waals surface area contributed by atoms with Crippen LogP contribution in [-0.2, 0) is 9.59 Å². The van der Waals surface area contributed by atoms with E-state index in [1.165, 1.54) is 24.3 Å². The van der Waals surface area contributed by atoms with Gasteiger partial charge in [0.05, 0.1) is 6.54 Å². The van der Waals surface area contributed by atoms with E-state index >= 15 is 0 Å². The number of rotatable bonds is 6. The Labute approximate surface area is 135 Å². The summed E-state index contributed by atoms with van der Waals surface area (Å²) in [5.41, 5.74) is 9.35. The molecule has 22 heavy (non-hydrogen) atoms. The summed E-state index contributed by atoms with van der Waals surface area (Å²) in [7, 11) is 0. The summed E-state index contributed by atoms with van der Waals surface area (Å²) in [5.74, 6) is -1.89. The van der Waals surface area contributed by atoms with Gasteiger partial charge in [0.15, 0.2) is 0 Å². The molecule has 0 aliphatic carbocycles. The van der Waals surface area contributed by atoms with Crippen molar-refractivity contribution in [2.24, 2.45) is 0 Å². The van der Waals surface area contributed by atoms with Crippen molar-refractivity contribution in [3.63, 3.8) is 0 Å². The van der Waals surface area contributed by atoms with Crippen molar-refractivity contribution >= 4 is 46.2 Å². The molecule has 0 saturated heterocycles. The minimum Gasteiger partial charge on any atom is -0.287 e. The van der Waals surface area contributed by atoms with Crippen LogP contribution in [0.1, 0.15) is 20.7 Å². The average Bonchev–Trinajstić information content (AvgIpc) is 2.51. The predicted octanol–water partition coefficient (Wildman–Crippen LogP) is -0.314. The second kappa shape index (κ2) is 8.98. The van der Waals surface area contributed by atoms with Crippen LogP contribution in [0.5, 0.6) is 0 Å². The Balaban J connectivity index is 2.54. The Morgan fingerprint density at radius 3 is 1.82 bits per heavy atom. The Kier molecular flexibility index (Phi) is 7.30. The maximum Gasteiger partial charge on any atom is 0.269 e. The van der Waals surface area contributed by atoms with Crippen molar-refractivity contribution in [1.82, 2.24) is 21.7 Å². The van der Waals surface area contributed by atoms with Crippen molar-refractivity contribution < 1.29 is 19.2 Å². The van der Waals surface area contributed by atoms with Crippen LogP contribution in [0, 0.1) is 0 Å². The maximum atomic E-state index is 11.7. The zero-order valence-electron chi connectivity index (χ0n) is 11.1. The molecule has 0 bridgehead atoms. The van der Waals surface area contributed by atoms with Gasteiger partial charge in [0.2, 0.25) is 5.24 Å². The Morgan fingerprint density at radius 1 is 0.864 bits per heavy atom. The number of carbonyl (C=O) groups excluding carboxylic acids is 4. The molecule has 0 radical (unpaired) electrons. The molecule has 1 rings (SSSR count). The summed E-state index contributed by atoms with van der Waals surface area (Å²) >= 11 is 10.3. The van der Waals surface area contributed by atoms with Gasteiger partial charge in [-0.3, -0.25) is 35.5 Å². The van der Waals surface area contributed by atoms with E-state index in [1.807, 2.05) is 0 Å². The number of benzene rings is 1. The third-order valence-corrected chi connectivity index (χ3v) is 2.65. The van der Waals surface area contributed by atoms with Crippen LogP contribution >= 0.6 is 23.2 Å². The SMILES string of the molecule is O=C(Cl)CNNC(=O)c1ccc(C(=O)NNC(=O)CCl)cc1. The van der Waals surface area contributed by atoms with E-state index in [0.717, 1.165) is 0 Å². The molecule has 3 amide bonds. The number of hydrogen-bond donors (Lipinski definition) is 4. The molecule has 10 heteroatoms. The largest absolute Gasteiger partial charge is 0.287 e. The van der Waals surface area contributed by atoms with Gasteiger partial charge >= 0.3 is 0 Å². The number of hydrogen-bond acceptors (Lipinski definition) is 5. The lowest BCUT2D eigenvalue weighted by Crippen LogP contribution is -2.42. The molecule has 0 heterocycles. The summed E-state index contributed by atoms with van der Waals surface area (Å²) in [6.07, 6.45) is 0. The Hall–Kier alpha value is -2.16. The van der Waals surface area contributed by atoms with Crippen LogP contribution in [0.15, 0.2) is 24.3 Å². The zero-order chi connectivity index (χ0) is 16.5. The molecule has 0 aliphatic heterocycles. The molecule has 0 unspecified atom stereocenters. The monoisotopic (exact) mass is 346 g/mol. The number of hydrazine groups is 2. The van der Waals surface area contributed by atoms with Crippen LogP contribution in [-0.4, -0.2) is 35.4 Å². The van der Waals surface area contributed by atoms with Crippen LogP contribution in [0.25, 0.3) is 0 Å². The summed E-state index contributed by atoms with van der Waals surface area (Å²) in [6, 6.07) is 5.59. The van der Waals surface area contributed by atoms with Gasteiger partial charge in [-0.25, -0.2) is 5.43 Å². The van der Waals surface area contributed by atoms with Gasteiger partial charge < -0.3 is 0 Å². The number of halogens is 2. The summed E-state index contributed by atoms with van der Waals surface area (Å²) in [5, 5.41) is -0.647. The second-order valence-corrected chi connectivity index (χ2v) is 4.56. The summed E-state index contributed by atoms with van der Waals surface area (Å²) in [4.78, 5) is 44.7. The predicted molar refractivity (Wildman–Crippen MR) is 79.1 cm³/mol. The molecule has 0 aliphatic rings. The molecular formula is C12H12Cl2N4O4. The van der Waals surface area contributed by atoms with Gasteiger partial charge in [0.25, 0.3) is 17.7 Å². The molecule has 0 spiro atoms. The van der Waals surface area contributed by atoms with Crippen molar-refractivity contribution in [1.29, 1.82) is 0 Å². The molecule has 1 aromatic rings. The molecule has 8 nitrogen and oxygen atoms in total. The quantitative estimate of drug-likeness (QED) is 0.320. The Bertz CT molecular complexity index is 577. The molecule has 1 aromatic carbocycles. The van der Waals surface area contributed by atoms with Crippen molar-refractivity contribution in [3.05, 3.63) is 35.4 Å². The minimum absolute atomic E-state index is 0.214. The molecule has 4 N–H and O–H groups in total. The van der Waals surface area contributed by atoms with Gasteiger partial charge in [-0.15, -0.1) is 11.6 Å².